The summed E-state index contributed by atoms with van der Waals surface area (Å²) < 4.78 is 42.3. The van der Waals surface area contributed by atoms with E-state index in [-0.39, 0.29) is 53.1 Å². The normalized spacial score (nSPS) is 20.1. The van der Waals surface area contributed by atoms with Gasteiger partial charge in [0.05, 0.1) is 24.0 Å². The van der Waals surface area contributed by atoms with Gasteiger partial charge in [0, 0.05) is 29.7 Å². The molecular formula is C25H26FN7O5S. The quantitative estimate of drug-likeness (QED) is 0.386. The number of fused-ring (bicyclic) bond motifs is 2. The predicted octanol–water partition coefficient (Wildman–Crippen LogP) is 1.49. The number of anilines is 1. The fourth-order valence-corrected chi connectivity index (χ4v) is 6.05. The summed E-state index contributed by atoms with van der Waals surface area (Å²) in [6.45, 7) is 2.25. The zero-order chi connectivity index (χ0) is 27.5. The lowest BCUT2D eigenvalue weighted by atomic mass is 10.0. The molecule has 3 aliphatic heterocycles. The Kier molecular flexibility index (Phi) is 6.10. The Morgan fingerprint density at radius 3 is 2.62 bits per heavy atom. The average molecular weight is 556 g/mol. The van der Waals surface area contributed by atoms with Crippen LogP contribution in [0.2, 0.25) is 0 Å². The molecule has 5 heterocycles. The number of imide groups is 1. The number of nitrogens with zero attached hydrogens (tertiary/aromatic N) is 4. The topological polar surface area (TPSA) is 157 Å². The van der Waals surface area contributed by atoms with Gasteiger partial charge in [0.1, 0.15) is 17.4 Å². The summed E-state index contributed by atoms with van der Waals surface area (Å²) in [5, 5.41) is 9.22. The first-order chi connectivity index (χ1) is 18.6. The molecule has 3 aliphatic rings. The molecule has 3 aromatic rings. The Morgan fingerprint density at radius 2 is 1.90 bits per heavy atom. The molecule has 1 aromatic carbocycles. The summed E-state index contributed by atoms with van der Waals surface area (Å²) in [5.74, 6) is -2.08. The molecule has 3 N–H and O–H groups in total. The number of nitrogens with one attached hydrogen (secondary N) is 3. The third kappa shape index (κ3) is 4.63. The summed E-state index contributed by atoms with van der Waals surface area (Å²) in [4.78, 5) is 45.1. The molecule has 0 bridgehead atoms. The molecule has 0 radical (unpaired) electrons. The molecule has 0 aliphatic carbocycles. The molecule has 14 heteroatoms. The molecule has 0 saturated carbocycles. The number of carbonyl (C=O) groups excluding carboxylic acids is 3. The first-order valence-corrected chi connectivity index (χ1v) is 14.5. The number of amides is 3. The fraction of sp³-hybridized carbons (Fsp3) is 0.400. The largest absolute Gasteiger partial charge is 0.322 e. The van der Waals surface area contributed by atoms with E-state index in [2.05, 4.69) is 30.1 Å². The van der Waals surface area contributed by atoms with E-state index >= 15 is 4.39 Å². The molecule has 0 spiro atoms. The number of rotatable bonds is 6. The first kappa shape index (κ1) is 25.4. The molecule has 1 unspecified atom stereocenters. The van der Waals surface area contributed by atoms with Gasteiger partial charge in [-0.15, -0.1) is 0 Å². The lowest BCUT2D eigenvalue weighted by molar-refractivity contribution is -0.136. The Hall–Kier alpha value is -3.91. The maximum Gasteiger partial charge on any atom is 0.255 e. The molecule has 39 heavy (non-hydrogen) atoms. The number of likely N-dealkylation sites (tertiary alicyclic amines) is 1. The molecule has 12 nitrogen and oxygen atoms in total. The number of hydrogen-bond donors (Lipinski definition) is 3. The molecular weight excluding hydrogens is 529 g/mol. The van der Waals surface area contributed by atoms with E-state index in [0.29, 0.717) is 12.1 Å². The lowest BCUT2D eigenvalue weighted by Gasteiger charge is -2.29. The van der Waals surface area contributed by atoms with Gasteiger partial charge in [0.15, 0.2) is 5.82 Å². The Bertz CT molecular complexity index is 1650. The third-order valence-corrected chi connectivity index (χ3v) is 7.97. The number of pyridine rings is 1. The Morgan fingerprint density at radius 1 is 1.15 bits per heavy atom. The van der Waals surface area contributed by atoms with Crippen molar-refractivity contribution >= 4 is 44.6 Å². The number of halogens is 1. The van der Waals surface area contributed by atoms with Gasteiger partial charge in [-0.05, 0) is 56.1 Å². The van der Waals surface area contributed by atoms with Crippen molar-refractivity contribution in [3.63, 3.8) is 0 Å². The van der Waals surface area contributed by atoms with Crippen LogP contribution in [0.25, 0.3) is 22.3 Å². The van der Waals surface area contributed by atoms with Crippen molar-refractivity contribution in [1.82, 2.24) is 30.3 Å². The van der Waals surface area contributed by atoms with Gasteiger partial charge in [0.25, 0.3) is 5.91 Å². The van der Waals surface area contributed by atoms with E-state index in [1.54, 1.807) is 6.07 Å². The molecule has 1 atom stereocenters. The average Bonchev–Trinajstić information content (AvgIpc) is 3.60. The van der Waals surface area contributed by atoms with Gasteiger partial charge < -0.3 is 4.90 Å². The smallest absolute Gasteiger partial charge is 0.255 e. The van der Waals surface area contributed by atoms with Crippen molar-refractivity contribution in [2.75, 3.05) is 24.1 Å². The van der Waals surface area contributed by atoms with Crippen molar-refractivity contribution in [2.45, 2.75) is 44.8 Å². The molecule has 3 amide bonds. The van der Waals surface area contributed by atoms with Gasteiger partial charge in [-0.1, -0.05) is 0 Å². The van der Waals surface area contributed by atoms with Gasteiger partial charge in [-0.2, -0.15) is 5.10 Å². The highest BCUT2D eigenvalue weighted by Crippen LogP contribution is 2.36. The van der Waals surface area contributed by atoms with Crippen molar-refractivity contribution in [3.05, 3.63) is 40.7 Å². The molecule has 2 saturated heterocycles. The number of hydrogen-bond acceptors (Lipinski definition) is 8. The fourth-order valence-electron chi connectivity index (χ4n) is 5.55. The van der Waals surface area contributed by atoms with Crippen LogP contribution in [-0.2, 0) is 32.7 Å². The SMILES string of the molecule is CS(=O)(=O)Nc1n[nH]c2c(CN3CCCC3)cc(-c3ccc4c(c3F)CN(C3CCC(=O)NC3=O)C4=O)nc12. The van der Waals surface area contributed by atoms with Gasteiger partial charge in [-0.3, -0.25) is 34.4 Å². The van der Waals surface area contributed by atoms with Gasteiger partial charge >= 0.3 is 0 Å². The summed E-state index contributed by atoms with van der Waals surface area (Å²) in [7, 11) is -3.65. The van der Waals surface area contributed by atoms with Crippen LogP contribution in [0.3, 0.4) is 0 Å². The number of piperidine rings is 1. The number of aromatic nitrogens is 3. The highest BCUT2D eigenvalue weighted by atomic mass is 32.2. The van der Waals surface area contributed by atoms with Crippen LogP contribution in [0.1, 0.15) is 47.2 Å². The second-order valence-electron chi connectivity index (χ2n) is 10.2. The van der Waals surface area contributed by atoms with Crippen LogP contribution < -0.4 is 10.0 Å². The van der Waals surface area contributed by atoms with Crippen LogP contribution >= 0.6 is 0 Å². The molecule has 2 fully saturated rings. The minimum absolute atomic E-state index is 0.0119. The van der Waals surface area contributed by atoms with E-state index in [1.807, 2.05) is 0 Å². The van der Waals surface area contributed by atoms with Gasteiger partial charge in [0.2, 0.25) is 21.8 Å². The summed E-state index contributed by atoms with van der Waals surface area (Å²) in [6.07, 6.45) is 3.42. The maximum atomic E-state index is 16.0. The second kappa shape index (κ2) is 9.38. The van der Waals surface area contributed by atoms with Crippen molar-refractivity contribution in [1.29, 1.82) is 0 Å². The molecule has 6 rings (SSSR count). The summed E-state index contributed by atoms with van der Waals surface area (Å²) >= 11 is 0. The molecule has 204 valence electrons. The van der Waals surface area contributed by atoms with Crippen molar-refractivity contribution in [2.24, 2.45) is 0 Å². The number of carbonyl (C=O) groups is 3. The van der Waals surface area contributed by atoms with E-state index in [1.165, 1.54) is 17.0 Å². The van der Waals surface area contributed by atoms with Crippen LogP contribution in [0.5, 0.6) is 0 Å². The van der Waals surface area contributed by atoms with Crippen molar-refractivity contribution < 1.29 is 27.2 Å². The minimum Gasteiger partial charge on any atom is -0.322 e. The summed E-state index contributed by atoms with van der Waals surface area (Å²) in [6, 6.07) is 3.88. The number of H-pyrrole nitrogens is 1. The highest BCUT2D eigenvalue weighted by molar-refractivity contribution is 7.92. The van der Waals surface area contributed by atoms with Gasteiger partial charge in [-0.25, -0.2) is 17.8 Å². The lowest BCUT2D eigenvalue weighted by Crippen LogP contribution is -2.52. The zero-order valence-corrected chi connectivity index (χ0v) is 21.9. The standard InChI is InChI=1S/C25H26FN7O5S/c1-39(37,38)31-23-22-21(29-30-23)13(11-32-8-2-3-9-32)10-17(27-22)15-5-4-14-16(20(15)26)12-33(25(14)36)18-6-7-19(34)28-24(18)35/h4-5,10,18H,2-3,6-9,11-12H2,1H3,(H,28,34,35)(H2,29,30,31). The minimum atomic E-state index is -3.65. The number of aromatic amines is 1. The van der Waals surface area contributed by atoms with Crippen LogP contribution in [0.15, 0.2) is 18.2 Å². The van der Waals surface area contributed by atoms with E-state index in [0.717, 1.165) is 37.8 Å². The van der Waals surface area contributed by atoms with Crippen LogP contribution in [-0.4, -0.2) is 76.5 Å². The summed E-state index contributed by atoms with van der Waals surface area (Å²) in [5.41, 5.74) is 2.30. The third-order valence-electron chi connectivity index (χ3n) is 7.40. The molecule has 2 aromatic heterocycles. The monoisotopic (exact) mass is 555 g/mol. The number of sulfonamides is 1. The second-order valence-corrected chi connectivity index (χ2v) is 11.9. The van der Waals surface area contributed by atoms with E-state index in [9.17, 15) is 22.8 Å². The van der Waals surface area contributed by atoms with Crippen LogP contribution in [0, 0.1) is 5.82 Å². The Balaban J connectivity index is 1.41. The number of benzene rings is 1. The Labute approximate surface area is 223 Å². The van der Waals surface area contributed by atoms with Crippen LogP contribution in [0.4, 0.5) is 10.2 Å². The van der Waals surface area contributed by atoms with Crippen molar-refractivity contribution in [3.8, 4) is 11.3 Å². The zero-order valence-electron chi connectivity index (χ0n) is 21.1. The first-order valence-electron chi connectivity index (χ1n) is 12.6. The van der Waals surface area contributed by atoms with E-state index in [4.69, 9.17) is 0 Å². The van der Waals surface area contributed by atoms with E-state index < -0.39 is 39.6 Å². The highest BCUT2D eigenvalue weighted by Gasteiger charge is 2.40. The maximum absolute atomic E-state index is 16.0. The predicted molar refractivity (Wildman–Crippen MR) is 138 cm³/mol.